The van der Waals surface area contributed by atoms with Crippen LogP contribution in [-0.2, 0) is 11.0 Å². The molecule has 1 amide bonds. The molecule has 140 valence electrons. The van der Waals surface area contributed by atoms with Crippen molar-refractivity contribution in [2.45, 2.75) is 11.2 Å². The van der Waals surface area contributed by atoms with Crippen molar-refractivity contribution < 1.29 is 32.3 Å². The van der Waals surface area contributed by atoms with Crippen LogP contribution in [-0.4, -0.2) is 16.9 Å². The molecule has 0 saturated heterocycles. The lowest BCUT2D eigenvalue weighted by Crippen LogP contribution is -2.35. The minimum absolute atomic E-state index is 0.0421. The van der Waals surface area contributed by atoms with Crippen LogP contribution in [0.25, 0.3) is 5.69 Å². The number of rotatable bonds is 5. The lowest BCUT2D eigenvalue weighted by atomic mass is 10.1. The standard InChI is InChI=1S/C17H12F3N3O3S/c18-17(19,20)12-8-4-5-9-13(12)21-14(24)10-27-15-16(25)26-22-23(15)11-6-2-1-3-7-11/h1-9H,10H2,(H-,21,22,24,25). The zero-order valence-corrected chi connectivity index (χ0v) is 14.4. The van der Waals surface area contributed by atoms with Crippen LogP contribution in [0.2, 0.25) is 0 Å². The van der Waals surface area contributed by atoms with Crippen molar-refractivity contribution in [1.82, 2.24) is 5.27 Å². The Morgan fingerprint density at radius 3 is 2.52 bits per heavy atom. The normalized spacial score (nSPS) is 11.4. The molecule has 0 radical (unpaired) electrons. The summed E-state index contributed by atoms with van der Waals surface area (Å²) in [4.78, 5) is 12.1. The van der Waals surface area contributed by atoms with Gasteiger partial charge < -0.3 is 14.9 Å². The van der Waals surface area contributed by atoms with Crippen molar-refractivity contribution in [3.8, 4) is 11.6 Å². The number of carbonyl (C=O) groups is 1. The smallest absolute Gasteiger partial charge is 0.418 e. The minimum Gasteiger partial charge on any atom is -0.538 e. The first-order valence-electron chi connectivity index (χ1n) is 7.59. The summed E-state index contributed by atoms with van der Waals surface area (Å²) in [6.07, 6.45) is -4.59. The lowest BCUT2D eigenvalue weighted by Gasteiger charge is -2.13. The molecule has 1 aromatic heterocycles. The monoisotopic (exact) mass is 395 g/mol. The molecule has 27 heavy (non-hydrogen) atoms. The molecule has 1 heterocycles. The molecule has 0 spiro atoms. The molecule has 2 aromatic carbocycles. The highest BCUT2D eigenvalue weighted by Gasteiger charge is 2.33. The van der Waals surface area contributed by atoms with Gasteiger partial charge in [-0.1, -0.05) is 30.3 Å². The largest absolute Gasteiger partial charge is 0.538 e. The fraction of sp³-hybridized carbons (Fsp3) is 0.118. The molecular weight excluding hydrogens is 383 g/mol. The second kappa shape index (κ2) is 7.70. The van der Waals surface area contributed by atoms with Gasteiger partial charge in [0, 0.05) is 12.1 Å². The van der Waals surface area contributed by atoms with Crippen LogP contribution in [0.1, 0.15) is 5.56 Å². The van der Waals surface area contributed by atoms with Crippen LogP contribution in [0.3, 0.4) is 0 Å². The Kier molecular flexibility index (Phi) is 5.36. The minimum atomic E-state index is -4.59. The zero-order chi connectivity index (χ0) is 19.4. The molecular formula is C17H12F3N3O3S. The van der Waals surface area contributed by atoms with E-state index < -0.39 is 23.6 Å². The molecule has 0 aliphatic rings. The molecule has 10 heteroatoms. The molecule has 0 atom stereocenters. The Bertz CT molecular complexity index is 945. The highest BCUT2D eigenvalue weighted by molar-refractivity contribution is 7.99. The fourth-order valence-corrected chi connectivity index (χ4v) is 3.01. The molecule has 0 aliphatic heterocycles. The van der Waals surface area contributed by atoms with Crippen molar-refractivity contribution >= 4 is 23.4 Å². The van der Waals surface area contributed by atoms with E-state index in [0.29, 0.717) is 5.69 Å². The molecule has 0 aliphatic carbocycles. The number of amides is 1. The van der Waals surface area contributed by atoms with Crippen molar-refractivity contribution in [3.63, 3.8) is 0 Å². The van der Waals surface area contributed by atoms with Gasteiger partial charge in [-0.15, -0.1) is 0 Å². The van der Waals surface area contributed by atoms with Crippen molar-refractivity contribution in [3.05, 3.63) is 60.2 Å². The number of nitrogens with one attached hydrogen (secondary N) is 1. The zero-order valence-electron chi connectivity index (χ0n) is 13.6. The summed E-state index contributed by atoms with van der Waals surface area (Å²) in [6.45, 7) is 0. The fourth-order valence-electron chi connectivity index (χ4n) is 2.25. The SMILES string of the molecule is O=C(CSc1c([O-])on[n+]1-c1ccccc1)Nc1ccccc1C(F)(F)F. The van der Waals surface area contributed by atoms with E-state index in [4.69, 9.17) is 0 Å². The first-order chi connectivity index (χ1) is 12.9. The van der Waals surface area contributed by atoms with Gasteiger partial charge in [0.15, 0.2) is 5.95 Å². The third kappa shape index (κ3) is 4.40. The highest BCUT2D eigenvalue weighted by atomic mass is 32.2. The molecule has 3 aromatic rings. The van der Waals surface area contributed by atoms with Gasteiger partial charge in [0.2, 0.25) is 11.6 Å². The van der Waals surface area contributed by atoms with E-state index >= 15 is 0 Å². The lowest BCUT2D eigenvalue weighted by molar-refractivity contribution is -0.705. The van der Waals surface area contributed by atoms with Crippen molar-refractivity contribution in [2.24, 2.45) is 0 Å². The number of para-hydroxylation sites is 2. The summed E-state index contributed by atoms with van der Waals surface area (Å²) in [6, 6.07) is 13.3. The Hall–Kier alpha value is -3.01. The van der Waals surface area contributed by atoms with Crippen molar-refractivity contribution in [1.29, 1.82) is 0 Å². The number of benzene rings is 2. The molecule has 1 N–H and O–H groups in total. The Morgan fingerprint density at radius 1 is 1.15 bits per heavy atom. The van der Waals surface area contributed by atoms with Crippen LogP contribution in [0.4, 0.5) is 18.9 Å². The van der Waals surface area contributed by atoms with E-state index in [1.807, 2.05) is 0 Å². The molecule has 0 bridgehead atoms. The topological polar surface area (TPSA) is 82.1 Å². The van der Waals surface area contributed by atoms with E-state index in [9.17, 15) is 23.1 Å². The van der Waals surface area contributed by atoms with Gasteiger partial charge in [0.25, 0.3) is 5.03 Å². The predicted molar refractivity (Wildman–Crippen MR) is 88.3 cm³/mol. The second-order valence-electron chi connectivity index (χ2n) is 5.29. The Labute approximate surface area is 155 Å². The van der Waals surface area contributed by atoms with E-state index in [1.165, 1.54) is 16.8 Å². The molecule has 0 saturated carbocycles. The van der Waals surface area contributed by atoms with Crippen LogP contribution in [0, 0.1) is 0 Å². The van der Waals surface area contributed by atoms with E-state index in [2.05, 4.69) is 15.1 Å². The van der Waals surface area contributed by atoms with Gasteiger partial charge in [-0.05, 0) is 28.6 Å². The van der Waals surface area contributed by atoms with Gasteiger partial charge in [0.1, 0.15) is 0 Å². The third-order valence-electron chi connectivity index (χ3n) is 3.42. The number of anilines is 1. The Balaban J connectivity index is 1.72. The second-order valence-corrected chi connectivity index (χ2v) is 6.26. The maximum atomic E-state index is 13.0. The molecule has 0 fully saturated rings. The number of thioether (sulfide) groups is 1. The summed E-state index contributed by atoms with van der Waals surface area (Å²) in [5.74, 6) is -1.74. The first kappa shape index (κ1) is 18.8. The van der Waals surface area contributed by atoms with Crippen LogP contribution < -0.4 is 15.1 Å². The highest BCUT2D eigenvalue weighted by Crippen LogP contribution is 2.34. The predicted octanol–water partition coefficient (Wildman–Crippen LogP) is 2.77. The average molecular weight is 395 g/mol. The van der Waals surface area contributed by atoms with Gasteiger partial charge in [0.05, 0.1) is 22.3 Å². The van der Waals surface area contributed by atoms with Crippen LogP contribution in [0.5, 0.6) is 5.95 Å². The summed E-state index contributed by atoms with van der Waals surface area (Å²) in [5.41, 5.74) is -0.745. The number of hydrogen-bond acceptors (Lipinski definition) is 5. The van der Waals surface area contributed by atoms with Gasteiger partial charge in [-0.2, -0.15) is 13.2 Å². The van der Waals surface area contributed by atoms with E-state index in [0.717, 1.165) is 23.9 Å². The summed E-state index contributed by atoms with van der Waals surface area (Å²) in [5, 5.41) is 17.7. The number of carbonyl (C=O) groups excluding carboxylic acids is 1. The van der Waals surface area contributed by atoms with Gasteiger partial charge >= 0.3 is 6.18 Å². The maximum Gasteiger partial charge on any atom is 0.418 e. The summed E-state index contributed by atoms with van der Waals surface area (Å²) >= 11 is 0.817. The Morgan fingerprint density at radius 2 is 1.81 bits per heavy atom. The summed E-state index contributed by atoms with van der Waals surface area (Å²) < 4.78 is 44.8. The van der Waals surface area contributed by atoms with Gasteiger partial charge in [-0.25, -0.2) is 0 Å². The number of hydrogen-bond donors (Lipinski definition) is 1. The number of nitrogens with zero attached hydrogens (tertiary/aromatic N) is 2. The van der Waals surface area contributed by atoms with Gasteiger partial charge in [-0.3, -0.25) is 4.79 Å². The summed E-state index contributed by atoms with van der Waals surface area (Å²) in [7, 11) is 0. The quantitative estimate of drug-likeness (QED) is 0.531. The molecule has 3 rings (SSSR count). The molecule has 0 unspecified atom stereocenters. The number of halogens is 3. The van der Waals surface area contributed by atoms with Crippen LogP contribution in [0.15, 0.2) is 64.1 Å². The van der Waals surface area contributed by atoms with Crippen molar-refractivity contribution in [2.75, 3.05) is 11.1 Å². The molecule has 6 nitrogen and oxygen atoms in total. The number of alkyl halides is 3. The third-order valence-corrected chi connectivity index (χ3v) is 4.44. The van der Waals surface area contributed by atoms with Crippen LogP contribution >= 0.6 is 11.8 Å². The number of aromatic nitrogens is 2. The maximum absolute atomic E-state index is 13.0. The van der Waals surface area contributed by atoms with E-state index in [1.54, 1.807) is 30.3 Å². The average Bonchev–Trinajstić information content (AvgIpc) is 3.01. The van der Waals surface area contributed by atoms with E-state index in [-0.39, 0.29) is 16.5 Å². The first-order valence-corrected chi connectivity index (χ1v) is 8.58.